The van der Waals surface area contributed by atoms with Gasteiger partial charge in [-0.15, -0.1) is 0 Å². The number of benzene rings is 3. The van der Waals surface area contributed by atoms with Crippen molar-refractivity contribution in [3.8, 4) is 5.75 Å². The first-order valence-corrected chi connectivity index (χ1v) is 11.7. The Hall–Kier alpha value is -3.03. The number of amides is 1. The van der Waals surface area contributed by atoms with Crippen LogP contribution in [0.25, 0.3) is 0 Å². The number of anilines is 2. The van der Waals surface area contributed by atoms with Crippen LogP contribution in [-0.2, 0) is 14.8 Å². The summed E-state index contributed by atoms with van der Waals surface area (Å²) in [5, 5.41) is 3.06. The number of hydrogen-bond donors (Lipinski definition) is 1. The summed E-state index contributed by atoms with van der Waals surface area (Å²) in [5.41, 5.74) is 3.68. The number of halogens is 1. The van der Waals surface area contributed by atoms with Crippen molar-refractivity contribution in [2.24, 2.45) is 0 Å². The fourth-order valence-corrected chi connectivity index (χ4v) is 4.82. The third kappa shape index (κ3) is 5.23. The monoisotopic (exact) mass is 472 g/mol. The molecule has 168 valence electrons. The van der Waals surface area contributed by atoms with Crippen molar-refractivity contribution < 1.29 is 17.9 Å². The lowest BCUT2D eigenvalue weighted by Crippen LogP contribution is -2.38. The minimum atomic E-state index is -4.04. The highest BCUT2D eigenvalue weighted by molar-refractivity contribution is 7.92. The van der Waals surface area contributed by atoms with Gasteiger partial charge in [0, 0.05) is 5.69 Å². The molecule has 0 saturated carbocycles. The Kier molecular flexibility index (Phi) is 7.11. The van der Waals surface area contributed by atoms with Crippen LogP contribution in [0.5, 0.6) is 5.75 Å². The van der Waals surface area contributed by atoms with Crippen molar-refractivity contribution in [3.05, 3.63) is 82.4 Å². The van der Waals surface area contributed by atoms with E-state index < -0.39 is 22.5 Å². The number of nitrogens with zero attached hydrogens (tertiary/aromatic N) is 1. The molecule has 0 unspecified atom stereocenters. The average molecular weight is 473 g/mol. The number of carbonyl (C=O) groups is 1. The zero-order valence-corrected chi connectivity index (χ0v) is 19.9. The minimum absolute atomic E-state index is 0.0783. The fraction of sp³-hybridized carbons (Fsp3) is 0.208. The van der Waals surface area contributed by atoms with Crippen molar-refractivity contribution in [3.63, 3.8) is 0 Å². The van der Waals surface area contributed by atoms with Crippen LogP contribution >= 0.6 is 11.6 Å². The lowest BCUT2D eigenvalue weighted by Gasteiger charge is -2.25. The van der Waals surface area contributed by atoms with Crippen molar-refractivity contribution in [2.75, 3.05) is 23.3 Å². The van der Waals surface area contributed by atoms with E-state index >= 15 is 0 Å². The van der Waals surface area contributed by atoms with E-state index in [9.17, 15) is 13.2 Å². The molecule has 0 aromatic heterocycles. The maximum Gasteiger partial charge on any atom is 0.264 e. The first-order chi connectivity index (χ1) is 15.1. The molecule has 3 aromatic rings. The third-order valence-electron chi connectivity index (χ3n) is 4.99. The number of nitrogens with one attached hydrogen (secondary N) is 1. The maximum atomic E-state index is 13.5. The fourth-order valence-electron chi connectivity index (χ4n) is 3.15. The van der Waals surface area contributed by atoms with Gasteiger partial charge in [-0.2, -0.15) is 0 Å². The lowest BCUT2D eigenvalue weighted by atomic mass is 10.1. The molecule has 0 aliphatic rings. The van der Waals surface area contributed by atoms with Crippen LogP contribution in [0.4, 0.5) is 11.4 Å². The van der Waals surface area contributed by atoms with E-state index in [0.29, 0.717) is 11.4 Å². The number of rotatable bonds is 7. The number of methoxy groups -OCH3 is 1. The SMILES string of the molecule is COc1ccc(N(CC(=O)Nc2cc(C)ccc2C)S(=O)(=O)c2ccc(C)cc2)cc1Cl. The van der Waals surface area contributed by atoms with Gasteiger partial charge in [0.05, 0.1) is 22.7 Å². The molecule has 0 bridgehead atoms. The molecule has 1 amide bonds. The highest BCUT2D eigenvalue weighted by atomic mass is 35.5. The molecule has 0 radical (unpaired) electrons. The number of hydrogen-bond acceptors (Lipinski definition) is 4. The van der Waals surface area contributed by atoms with Crippen LogP contribution in [0.3, 0.4) is 0 Å². The zero-order chi connectivity index (χ0) is 23.5. The van der Waals surface area contributed by atoms with Crippen molar-refractivity contribution in [2.45, 2.75) is 25.7 Å². The normalized spacial score (nSPS) is 11.2. The molecule has 0 aliphatic carbocycles. The van der Waals surface area contributed by atoms with Gasteiger partial charge in [0.2, 0.25) is 5.91 Å². The van der Waals surface area contributed by atoms with E-state index in [1.807, 2.05) is 39.0 Å². The first-order valence-electron chi connectivity index (χ1n) is 9.92. The second kappa shape index (κ2) is 9.63. The van der Waals surface area contributed by atoms with E-state index in [1.54, 1.807) is 24.3 Å². The smallest absolute Gasteiger partial charge is 0.264 e. The van der Waals surface area contributed by atoms with Gasteiger partial charge in [-0.05, 0) is 68.3 Å². The van der Waals surface area contributed by atoms with Gasteiger partial charge in [-0.3, -0.25) is 9.10 Å². The Bertz CT molecular complexity index is 1240. The Morgan fingerprint density at radius 1 is 0.969 bits per heavy atom. The number of sulfonamides is 1. The van der Waals surface area contributed by atoms with Crippen LogP contribution in [0.1, 0.15) is 16.7 Å². The summed E-state index contributed by atoms with van der Waals surface area (Å²) in [5.74, 6) is -0.0655. The summed E-state index contributed by atoms with van der Waals surface area (Å²) in [7, 11) is -2.57. The Balaban J connectivity index is 2.00. The van der Waals surface area contributed by atoms with E-state index in [4.69, 9.17) is 16.3 Å². The summed E-state index contributed by atoms with van der Waals surface area (Å²) >= 11 is 6.25. The molecule has 32 heavy (non-hydrogen) atoms. The van der Waals surface area contributed by atoms with Crippen molar-refractivity contribution >= 4 is 38.9 Å². The predicted octanol–water partition coefficient (Wildman–Crippen LogP) is 5.11. The lowest BCUT2D eigenvalue weighted by molar-refractivity contribution is -0.114. The summed E-state index contributed by atoms with van der Waals surface area (Å²) in [6.07, 6.45) is 0. The predicted molar refractivity (Wildman–Crippen MR) is 128 cm³/mol. The number of aryl methyl sites for hydroxylation is 3. The third-order valence-corrected chi connectivity index (χ3v) is 7.07. The topological polar surface area (TPSA) is 75.7 Å². The van der Waals surface area contributed by atoms with E-state index in [-0.39, 0.29) is 15.6 Å². The quantitative estimate of drug-likeness (QED) is 0.518. The molecule has 3 rings (SSSR count). The molecule has 0 saturated heterocycles. The highest BCUT2D eigenvalue weighted by Crippen LogP contribution is 2.32. The van der Waals surface area contributed by atoms with E-state index in [2.05, 4.69) is 5.32 Å². The molecule has 1 N–H and O–H groups in total. The molecular formula is C24H25ClN2O4S. The summed E-state index contributed by atoms with van der Waals surface area (Å²) < 4.78 is 33.2. The highest BCUT2D eigenvalue weighted by Gasteiger charge is 2.28. The molecular weight excluding hydrogens is 448 g/mol. The van der Waals surface area contributed by atoms with Crippen molar-refractivity contribution in [1.82, 2.24) is 0 Å². The molecule has 3 aromatic carbocycles. The van der Waals surface area contributed by atoms with Gasteiger partial charge >= 0.3 is 0 Å². The van der Waals surface area contributed by atoms with Gasteiger partial charge in [0.15, 0.2) is 0 Å². The molecule has 0 heterocycles. The van der Waals surface area contributed by atoms with Gasteiger partial charge in [-0.25, -0.2) is 8.42 Å². The van der Waals surface area contributed by atoms with E-state index in [1.165, 1.54) is 25.3 Å². The van der Waals surface area contributed by atoms with Crippen LogP contribution in [0, 0.1) is 20.8 Å². The average Bonchev–Trinajstić information content (AvgIpc) is 2.75. The maximum absolute atomic E-state index is 13.5. The molecule has 0 aliphatic heterocycles. The molecule has 0 fully saturated rings. The van der Waals surface area contributed by atoms with Crippen LogP contribution < -0.4 is 14.4 Å². The second-order valence-corrected chi connectivity index (χ2v) is 9.78. The summed E-state index contributed by atoms with van der Waals surface area (Å²) in [6, 6.07) is 16.7. The van der Waals surface area contributed by atoms with Crippen LogP contribution in [0.15, 0.2) is 65.6 Å². The van der Waals surface area contributed by atoms with Gasteiger partial charge in [-0.1, -0.05) is 41.4 Å². The largest absolute Gasteiger partial charge is 0.495 e. The number of carbonyl (C=O) groups excluding carboxylic acids is 1. The van der Waals surface area contributed by atoms with E-state index in [0.717, 1.165) is 21.0 Å². The Morgan fingerprint density at radius 2 is 1.62 bits per heavy atom. The Labute approximate surface area is 193 Å². The van der Waals surface area contributed by atoms with Gasteiger partial charge < -0.3 is 10.1 Å². The van der Waals surface area contributed by atoms with Gasteiger partial charge in [0.25, 0.3) is 10.0 Å². The standard InChI is InChI=1S/C24H25ClN2O4S/c1-16-6-10-20(11-7-16)32(29,30)27(19-9-12-23(31-4)21(25)14-19)15-24(28)26-22-13-17(2)5-8-18(22)3/h5-14H,15H2,1-4H3,(H,26,28). The molecule has 8 heteroatoms. The Morgan fingerprint density at radius 3 is 2.25 bits per heavy atom. The van der Waals surface area contributed by atoms with Crippen molar-refractivity contribution in [1.29, 1.82) is 0 Å². The summed E-state index contributed by atoms with van der Waals surface area (Å²) in [6.45, 7) is 5.24. The number of ether oxygens (including phenoxy) is 1. The van der Waals surface area contributed by atoms with Crippen LogP contribution in [-0.4, -0.2) is 28.0 Å². The zero-order valence-electron chi connectivity index (χ0n) is 18.3. The molecule has 0 atom stereocenters. The van der Waals surface area contributed by atoms with Crippen LogP contribution in [0.2, 0.25) is 5.02 Å². The molecule has 6 nitrogen and oxygen atoms in total. The second-order valence-electron chi connectivity index (χ2n) is 7.51. The first kappa shape index (κ1) is 23.6. The molecule has 0 spiro atoms. The summed E-state index contributed by atoms with van der Waals surface area (Å²) in [4.78, 5) is 13.0. The van der Waals surface area contributed by atoms with Gasteiger partial charge in [0.1, 0.15) is 12.3 Å². The minimum Gasteiger partial charge on any atom is -0.495 e.